The van der Waals surface area contributed by atoms with E-state index in [-0.39, 0.29) is 5.92 Å². The highest BCUT2D eigenvalue weighted by atomic mass is 32.2. The van der Waals surface area contributed by atoms with Crippen LogP contribution < -0.4 is 0 Å². The van der Waals surface area contributed by atoms with Crippen LogP contribution in [0.1, 0.15) is 33.7 Å². The summed E-state index contributed by atoms with van der Waals surface area (Å²) in [4.78, 5) is 2.64. The molecule has 114 valence electrons. The van der Waals surface area contributed by atoms with E-state index >= 15 is 0 Å². The van der Waals surface area contributed by atoms with Crippen LogP contribution in [0.2, 0.25) is 0 Å². The summed E-state index contributed by atoms with van der Waals surface area (Å²) in [6.07, 6.45) is 0. The molecule has 0 amide bonds. The molecule has 0 saturated carbocycles. The van der Waals surface area contributed by atoms with Crippen LogP contribution in [0.4, 0.5) is 0 Å². The first-order chi connectivity index (χ1) is 11.1. The number of hydrogen-bond acceptors (Lipinski definition) is 2. The number of fused-ring (bicyclic) bond motifs is 2. The van der Waals surface area contributed by atoms with Crippen LogP contribution in [0.15, 0.2) is 70.5 Å². The first-order valence-corrected chi connectivity index (χ1v) is 8.62. The normalized spacial score (nSPS) is 13.5. The molecule has 0 aromatic heterocycles. The maximum Gasteiger partial charge on any atom is 0.121 e. The van der Waals surface area contributed by atoms with E-state index in [2.05, 4.69) is 60.7 Å². The molecule has 23 heavy (non-hydrogen) atoms. The van der Waals surface area contributed by atoms with Crippen LogP contribution in [0.3, 0.4) is 0 Å². The lowest BCUT2D eigenvalue weighted by Crippen LogP contribution is -2.10. The Labute approximate surface area is 141 Å². The zero-order valence-electron chi connectivity index (χ0n) is 13.2. The molecular formula is C21H18OS. The van der Waals surface area contributed by atoms with Crippen molar-refractivity contribution in [1.82, 2.24) is 0 Å². The number of phenolic OH excluding ortho intramolecular Hbond substituents is 1. The molecule has 4 rings (SSSR count). The number of phenols is 1. The fourth-order valence-electron chi connectivity index (χ4n) is 3.43. The quantitative estimate of drug-likeness (QED) is 0.489. The highest BCUT2D eigenvalue weighted by Crippen LogP contribution is 2.48. The van der Waals surface area contributed by atoms with E-state index in [0.717, 1.165) is 11.1 Å². The van der Waals surface area contributed by atoms with Gasteiger partial charge in [0.2, 0.25) is 0 Å². The van der Waals surface area contributed by atoms with Crippen molar-refractivity contribution in [3.63, 3.8) is 0 Å². The van der Waals surface area contributed by atoms with Crippen molar-refractivity contribution in [1.29, 1.82) is 0 Å². The summed E-state index contributed by atoms with van der Waals surface area (Å²) in [5.41, 5.74) is 5.82. The number of benzene rings is 3. The number of aromatic hydroxyl groups is 1. The maximum atomic E-state index is 10.1. The Bertz CT molecular complexity index is 829. The molecule has 0 atom stereocenters. The van der Waals surface area contributed by atoms with E-state index in [1.165, 1.54) is 26.5 Å². The predicted octanol–water partition coefficient (Wildman–Crippen LogP) is 5.65. The average molecular weight is 318 g/mol. The third-order valence-electron chi connectivity index (χ3n) is 4.53. The van der Waals surface area contributed by atoms with Crippen molar-refractivity contribution < 1.29 is 5.11 Å². The summed E-state index contributed by atoms with van der Waals surface area (Å²) >= 11 is 1.84. The zero-order valence-corrected chi connectivity index (χ0v) is 14.0. The van der Waals surface area contributed by atoms with Crippen LogP contribution >= 0.6 is 11.8 Å². The van der Waals surface area contributed by atoms with Gasteiger partial charge in [0.25, 0.3) is 0 Å². The van der Waals surface area contributed by atoms with Crippen molar-refractivity contribution >= 4 is 11.8 Å². The minimum Gasteiger partial charge on any atom is -0.507 e. The number of hydrogen-bond donors (Lipinski definition) is 1. The Morgan fingerprint density at radius 3 is 1.78 bits per heavy atom. The molecule has 2 heteroatoms. The summed E-state index contributed by atoms with van der Waals surface area (Å²) in [5.74, 6) is 0.627. The minimum atomic E-state index is 0.224. The minimum absolute atomic E-state index is 0.224. The smallest absolute Gasteiger partial charge is 0.121 e. The van der Waals surface area contributed by atoms with Gasteiger partial charge in [-0.1, -0.05) is 60.3 Å². The fraction of sp³-hybridized carbons (Fsp3) is 0.143. The van der Waals surface area contributed by atoms with Gasteiger partial charge in [-0.3, -0.25) is 0 Å². The van der Waals surface area contributed by atoms with Crippen molar-refractivity contribution in [2.75, 3.05) is 0 Å². The maximum absolute atomic E-state index is 10.1. The molecule has 1 nitrogen and oxygen atoms in total. The monoisotopic (exact) mass is 318 g/mol. The molecule has 0 spiro atoms. The van der Waals surface area contributed by atoms with Crippen molar-refractivity contribution in [3.05, 3.63) is 88.5 Å². The van der Waals surface area contributed by atoms with Gasteiger partial charge in [0.05, 0.1) is 0 Å². The molecule has 0 bridgehead atoms. The predicted molar refractivity (Wildman–Crippen MR) is 95.5 cm³/mol. The number of aryl methyl sites for hydroxylation is 2. The van der Waals surface area contributed by atoms with Gasteiger partial charge in [-0.15, -0.1) is 0 Å². The molecule has 0 unspecified atom stereocenters. The van der Waals surface area contributed by atoms with Crippen molar-refractivity contribution in [2.45, 2.75) is 29.6 Å². The Morgan fingerprint density at radius 1 is 0.783 bits per heavy atom. The van der Waals surface area contributed by atoms with E-state index in [9.17, 15) is 5.11 Å². The Balaban J connectivity index is 1.98. The van der Waals surface area contributed by atoms with Gasteiger partial charge in [-0.05, 0) is 53.8 Å². The van der Waals surface area contributed by atoms with Crippen molar-refractivity contribution in [2.24, 2.45) is 0 Å². The molecule has 0 saturated heterocycles. The Hall–Kier alpha value is -2.19. The fourth-order valence-corrected chi connectivity index (χ4v) is 4.56. The first kappa shape index (κ1) is 14.4. The van der Waals surface area contributed by atoms with E-state index in [1.807, 2.05) is 25.6 Å². The molecular weight excluding hydrogens is 300 g/mol. The highest BCUT2D eigenvalue weighted by molar-refractivity contribution is 7.99. The lowest BCUT2D eigenvalue weighted by atomic mass is 9.83. The lowest BCUT2D eigenvalue weighted by Gasteiger charge is -2.29. The van der Waals surface area contributed by atoms with Crippen LogP contribution in [0, 0.1) is 13.8 Å². The standard InChI is InChI=1S/C21H18OS/c1-13-11-15(12-14(2)21(13)22)20-16-7-3-5-9-18(16)23-19-10-6-4-8-17(19)20/h3-12,20,22H,1-2H3. The Morgan fingerprint density at radius 2 is 1.26 bits per heavy atom. The average Bonchev–Trinajstić information content (AvgIpc) is 2.57. The molecule has 3 aromatic rings. The van der Waals surface area contributed by atoms with E-state index in [4.69, 9.17) is 0 Å². The first-order valence-electron chi connectivity index (χ1n) is 7.81. The van der Waals surface area contributed by atoms with Crippen LogP contribution in [0.5, 0.6) is 5.75 Å². The summed E-state index contributed by atoms with van der Waals surface area (Å²) in [5, 5.41) is 10.1. The van der Waals surface area contributed by atoms with Crippen LogP contribution in [-0.2, 0) is 0 Å². The lowest BCUT2D eigenvalue weighted by molar-refractivity contribution is 0.466. The number of rotatable bonds is 1. The second kappa shape index (κ2) is 5.47. The molecule has 0 aliphatic carbocycles. The molecule has 3 aromatic carbocycles. The summed E-state index contributed by atoms with van der Waals surface area (Å²) < 4.78 is 0. The van der Waals surface area contributed by atoms with Gasteiger partial charge in [0.1, 0.15) is 5.75 Å². The highest BCUT2D eigenvalue weighted by Gasteiger charge is 2.27. The van der Waals surface area contributed by atoms with E-state index in [0.29, 0.717) is 5.75 Å². The largest absolute Gasteiger partial charge is 0.507 e. The summed E-state index contributed by atoms with van der Waals surface area (Å²) in [7, 11) is 0. The molecule has 1 heterocycles. The Kier molecular flexibility index (Phi) is 3.42. The topological polar surface area (TPSA) is 20.2 Å². The third kappa shape index (κ3) is 2.34. The molecule has 1 N–H and O–H groups in total. The van der Waals surface area contributed by atoms with Crippen LogP contribution in [-0.4, -0.2) is 5.11 Å². The van der Waals surface area contributed by atoms with E-state index in [1.54, 1.807) is 0 Å². The van der Waals surface area contributed by atoms with Crippen LogP contribution in [0.25, 0.3) is 0 Å². The second-order valence-electron chi connectivity index (χ2n) is 6.11. The zero-order chi connectivity index (χ0) is 16.0. The summed E-state index contributed by atoms with van der Waals surface area (Å²) in [6, 6.07) is 21.5. The van der Waals surface area contributed by atoms with Crippen molar-refractivity contribution in [3.8, 4) is 5.75 Å². The molecule has 0 fully saturated rings. The molecule has 1 aliphatic rings. The van der Waals surface area contributed by atoms with Gasteiger partial charge in [-0.2, -0.15) is 0 Å². The van der Waals surface area contributed by atoms with Gasteiger partial charge >= 0.3 is 0 Å². The molecule has 1 aliphatic heterocycles. The second-order valence-corrected chi connectivity index (χ2v) is 7.20. The van der Waals surface area contributed by atoms with Gasteiger partial charge in [0, 0.05) is 15.7 Å². The SMILES string of the molecule is Cc1cc(C2c3ccccc3Sc3ccccc32)cc(C)c1O. The van der Waals surface area contributed by atoms with Gasteiger partial charge < -0.3 is 5.11 Å². The van der Waals surface area contributed by atoms with E-state index < -0.39 is 0 Å². The summed E-state index contributed by atoms with van der Waals surface area (Å²) in [6.45, 7) is 3.95. The van der Waals surface area contributed by atoms with Gasteiger partial charge in [0.15, 0.2) is 0 Å². The molecule has 0 radical (unpaired) electrons. The van der Waals surface area contributed by atoms with Gasteiger partial charge in [-0.25, -0.2) is 0 Å². The third-order valence-corrected chi connectivity index (χ3v) is 5.71.